The van der Waals surface area contributed by atoms with Crippen LogP contribution in [-0.4, -0.2) is 23.3 Å². The standard InChI is InChI=1S/C16H13ClN2O2/c17-12-5-7-13(8-6-12)18-15(20)10-19-9-11-3-1-2-4-14(11)16(19)21/h1-8H,9-10H2,(H,18,20). The van der Waals surface area contributed by atoms with E-state index in [0.29, 0.717) is 22.8 Å². The van der Waals surface area contributed by atoms with E-state index in [0.717, 1.165) is 5.56 Å². The Hall–Kier alpha value is -2.33. The number of fused-ring (bicyclic) bond motifs is 1. The predicted molar refractivity (Wildman–Crippen MR) is 81.3 cm³/mol. The topological polar surface area (TPSA) is 49.4 Å². The Morgan fingerprint density at radius 3 is 2.57 bits per heavy atom. The molecule has 5 heteroatoms. The number of nitrogens with zero attached hydrogens (tertiary/aromatic N) is 1. The fourth-order valence-corrected chi connectivity index (χ4v) is 2.48. The Kier molecular flexibility index (Phi) is 3.62. The molecule has 0 saturated heterocycles. The van der Waals surface area contributed by atoms with E-state index in [1.807, 2.05) is 18.2 Å². The molecule has 1 heterocycles. The molecule has 0 radical (unpaired) electrons. The molecule has 0 aliphatic carbocycles. The van der Waals surface area contributed by atoms with Gasteiger partial charge in [0.05, 0.1) is 0 Å². The van der Waals surface area contributed by atoms with Gasteiger partial charge in [-0.3, -0.25) is 9.59 Å². The first-order chi connectivity index (χ1) is 10.1. The maximum atomic E-state index is 12.2. The van der Waals surface area contributed by atoms with Gasteiger partial charge in [-0.2, -0.15) is 0 Å². The number of hydrogen-bond acceptors (Lipinski definition) is 2. The van der Waals surface area contributed by atoms with Crippen molar-refractivity contribution in [3.8, 4) is 0 Å². The van der Waals surface area contributed by atoms with Crippen molar-refractivity contribution in [1.82, 2.24) is 4.90 Å². The Balaban J connectivity index is 1.64. The van der Waals surface area contributed by atoms with E-state index in [1.54, 1.807) is 30.3 Å². The number of hydrogen-bond donors (Lipinski definition) is 1. The lowest BCUT2D eigenvalue weighted by atomic mass is 10.1. The van der Waals surface area contributed by atoms with Crippen LogP contribution in [0.15, 0.2) is 48.5 Å². The second-order valence-electron chi connectivity index (χ2n) is 4.87. The van der Waals surface area contributed by atoms with Gasteiger partial charge in [-0.15, -0.1) is 0 Å². The highest BCUT2D eigenvalue weighted by atomic mass is 35.5. The van der Waals surface area contributed by atoms with Crippen molar-refractivity contribution in [2.45, 2.75) is 6.54 Å². The van der Waals surface area contributed by atoms with Crippen LogP contribution in [0.4, 0.5) is 5.69 Å². The zero-order valence-corrected chi connectivity index (χ0v) is 11.9. The molecule has 2 aromatic rings. The number of carbonyl (C=O) groups is 2. The molecule has 4 nitrogen and oxygen atoms in total. The number of halogens is 1. The van der Waals surface area contributed by atoms with E-state index in [2.05, 4.69) is 5.32 Å². The van der Waals surface area contributed by atoms with E-state index < -0.39 is 0 Å². The van der Waals surface area contributed by atoms with Gasteiger partial charge >= 0.3 is 0 Å². The molecule has 2 amide bonds. The predicted octanol–water partition coefficient (Wildman–Crippen LogP) is 2.93. The van der Waals surface area contributed by atoms with Crippen LogP contribution in [-0.2, 0) is 11.3 Å². The third kappa shape index (κ3) is 2.90. The summed E-state index contributed by atoms with van der Waals surface area (Å²) in [6.45, 7) is 0.513. The highest BCUT2D eigenvalue weighted by Gasteiger charge is 2.28. The molecule has 1 N–H and O–H groups in total. The van der Waals surface area contributed by atoms with Crippen molar-refractivity contribution < 1.29 is 9.59 Å². The minimum atomic E-state index is -0.224. The van der Waals surface area contributed by atoms with Gasteiger partial charge in [0.2, 0.25) is 5.91 Å². The van der Waals surface area contributed by atoms with Crippen LogP contribution < -0.4 is 5.32 Å². The third-order valence-electron chi connectivity index (χ3n) is 3.36. The third-order valence-corrected chi connectivity index (χ3v) is 3.61. The first-order valence-electron chi connectivity index (χ1n) is 6.56. The average Bonchev–Trinajstić information content (AvgIpc) is 2.78. The number of benzene rings is 2. The van der Waals surface area contributed by atoms with Crippen LogP contribution in [0.25, 0.3) is 0 Å². The average molecular weight is 301 g/mol. The van der Waals surface area contributed by atoms with Gasteiger partial charge in [0.25, 0.3) is 5.91 Å². The van der Waals surface area contributed by atoms with Crippen molar-refractivity contribution in [2.24, 2.45) is 0 Å². The molecule has 3 rings (SSSR count). The lowest BCUT2D eigenvalue weighted by Gasteiger charge is -2.15. The van der Waals surface area contributed by atoms with Gasteiger partial charge in [-0.05, 0) is 35.9 Å². The lowest BCUT2D eigenvalue weighted by Crippen LogP contribution is -2.33. The monoisotopic (exact) mass is 300 g/mol. The van der Waals surface area contributed by atoms with Crippen molar-refractivity contribution in [3.05, 3.63) is 64.7 Å². The quantitative estimate of drug-likeness (QED) is 0.947. The van der Waals surface area contributed by atoms with E-state index in [1.165, 1.54) is 4.90 Å². The van der Waals surface area contributed by atoms with E-state index in [4.69, 9.17) is 11.6 Å². The summed E-state index contributed by atoms with van der Waals surface area (Å²) >= 11 is 5.79. The van der Waals surface area contributed by atoms with Gasteiger partial charge in [-0.1, -0.05) is 29.8 Å². The van der Waals surface area contributed by atoms with Gasteiger partial charge < -0.3 is 10.2 Å². The highest BCUT2D eigenvalue weighted by Crippen LogP contribution is 2.22. The molecular weight excluding hydrogens is 288 g/mol. The number of carbonyl (C=O) groups excluding carboxylic acids is 2. The van der Waals surface area contributed by atoms with Crippen LogP contribution in [0.5, 0.6) is 0 Å². The fourth-order valence-electron chi connectivity index (χ4n) is 2.35. The zero-order chi connectivity index (χ0) is 14.8. The van der Waals surface area contributed by atoms with E-state index in [-0.39, 0.29) is 18.4 Å². The molecule has 0 atom stereocenters. The number of amides is 2. The van der Waals surface area contributed by atoms with Crippen molar-refractivity contribution in [1.29, 1.82) is 0 Å². The van der Waals surface area contributed by atoms with E-state index in [9.17, 15) is 9.59 Å². The molecular formula is C16H13ClN2O2. The zero-order valence-electron chi connectivity index (χ0n) is 11.2. The normalized spacial score (nSPS) is 13.2. The molecule has 0 bridgehead atoms. The molecule has 0 spiro atoms. The summed E-state index contributed by atoms with van der Waals surface area (Å²) in [5.41, 5.74) is 2.30. The highest BCUT2D eigenvalue weighted by molar-refractivity contribution is 6.30. The molecule has 1 aliphatic rings. The summed E-state index contributed by atoms with van der Waals surface area (Å²) in [6, 6.07) is 14.3. The summed E-state index contributed by atoms with van der Waals surface area (Å²) in [7, 11) is 0. The smallest absolute Gasteiger partial charge is 0.254 e. The molecule has 0 fully saturated rings. The Morgan fingerprint density at radius 1 is 1.14 bits per heavy atom. The van der Waals surface area contributed by atoms with Crippen molar-refractivity contribution >= 4 is 29.1 Å². The Labute approximate surface area is 127 Å². The molecule has 1 aliphatic heterocycles. The summed E-state index contributed by atoms with van der Waals surface area (Å²) in [6.07, 6.45) is 0. The molecule has 2 aromatic carbocycles. The molecule has 106 valence electrons. The SMILES string of the molecule is O=C(CN1Cc2ccccc2C1=O)Nc1ccc(Cl)cc1. The number of rotatable bonds is 3. The molecule has 0 unspecified atom stereocenters. The van der Waals surface area contributed by atoms with Crippen LogP contribution >= 0.6 is 11.6 Å². The molecule has 21 heavy (non-hydrogen) atoms. The van der Waals surface area contributed by atoms with Crippen LogP contribution in [0.2, 0.25) is 5.02 Å². The second-order valence-corrected chi connectivity index (χ2v) is 5.31. The summed E-state index contributed by atoms with van der Waals surface area (Å²) < 4.78 is 0. The molecule has 0 aromatic heterocycles. The van der Waals surface area contributed by atoms with Crippen LogP contribution in [0.3, 0.4) is 0 Å². The summed E-state index contributed by atoms with van der Waals surface area (Å²) in [4.78, 5) is 25.7. The van der Waals surface area contributed by atoms with Crippen LogP contribution in [0.1, 0.15) is 15.9 Å². The van der Waals surface area contributed by atoms with Crippen LogP contribution in [0, 0.1) is 0 Å². The first kappa shape index (κ1) is 13.6. The first-order valence-corrected chi connectivity index (χ1v) is 6.94. The molecule has 0 saturated carbocycles. The number of anilines is 1. The van der Waals surface area contributed by atoms with Gasteiger partial charge in [0.1, 0.15) is 6.54 Å². The van der Waals surface area contributed by atoms with Gasteiger partial charge in [0.15, 0.2) is 0 Å². The summed E-state index contributed by atoms with van der Waals surface area (Å²) in [5.74, 6) is -0.324. The van der Waals surface area contributed by atoms with Crippen molar-refractivity contribution in [2.75, 3.05) is 11.9 Å². The van der Waals surface area contributed by atoms with Gasteiger partial charge in [0, 0.05) is 22.8 Å². The summed E-state index contributed by atoms with van der Waals surface area (Å²) in [5, 5.41) is 3.36. The Morgan fingerprint density at radius 2 is 1.86 bits per heavy atom. The largest absolute Gasteiger partial charge is 0.325 e. The van der Waals surface area contributed by atoms with Crippen molar-refractivity contribution in [3.63, 3.8) is 0 Å². The minimum absolute atomic E-state index is 0.0378. The second kappa shape index (κ2) is 5.58. The van der Waals surface area contributed by atoms with Gasteiger partial charge in [-0.25, -0.2) is 0 Å². The fraction of sp³-hybridized carbons (Fsp3) is 0.125. The lowest BCUT2D eigenvalue weighted by molar-refractivity contribution is -0.116. The Bertz CT molecular complexity index is 698. The van der Waals surface area contributed by atoms with E-state index >= 15 is 0 Å². The number of nitrogens with one attached hydrogen (secondary N) is 1. The maximum absolute atomic E-state index is 12.2. The maximum Gasteiger partial charge on any atom is 0.254 e. The minimum Gasteiger partial charge on any atom is -0.325 e.